The minimum Gasteiger partial charge on any atom is -0.396 e. The van der Waals surface area contributed by atoms with Crippen LogP contribution in [-0.4, -0.2) is 26.7 Å². The van der Waals surface area contributed by atoms with Crippen LogP contribution in [0.3, 0.4) is 0 Å². The van der Waals surface area contributed by atoms with E-state index in [-0.39, 0.29) is 12.4 Å². The lowest BCUT2D eigenvalue weighted by Crippen LogP contribution is -1.98. The SMILES string of the molecule is OCCc1cn(-c2ccc(Br)cc2F)nn1. The van der Waals surface area contributed by atoms with E-state index in [1.54, 1.807) is 18.3 Å². The van der Waals surface area contributed by atoms with Gasteiger partial charge in [0, 0.05) is 17.5 Å². The zero-order valence-electron chi connectivity index (χ0n) is 8.27. The van der Waals surface area contributed by atoms with Crippen molar-refractivity contribution in [1.82, 2.24) is 15.0 Å². The summed E-state index contributed by atoms with van der Waals surface area (Å²) in [5.74, 6) is -0.380. The van der Waals surface area contributed by atoms with Crippen molar-refractivity contribution in [3.05, 3.63) is 40.4 Å². The number of aliphatic hydroxyl groups excluding tert-OH is 1. The van der Waals surface area contributed by atoms with Gasteiger partial charge in [0.2, 0.25) is 0 Å². The summed E-state index contributed by atoms with van der Waals surface area (Å²) in [7, 11) is 0. The molecule has 2 rings (SSSR count). The topological polar surface area (TPSA) is 50.9 Å². The third-order valence-corrected chi connectivity index (χ3v) is 2.56. The van der Waals surface area contributed by atoms with Crippen LogP contribution in [0, 0.1) is 5.82 Å². The van der Waals surface area contributed by atoms with Gasteiger partial charge in [-0.1, -0.05) is 21.1 Å². The van der Waals surface area contributed by atoms with Gasteiger partial charge < -0.3 is 5.11 Å². The van der Waals surface area contributed by atoms with Crippen molar-refractivity contribution in [2.45, 2.75) is 6.42 Å². The van der Waals surface area contributed by atoms with E-state index in [9.17, 15) is 4.39 Å². The number of rotatable bonds is 3. The molecule has 0 aliphatic rings. The Morgan fingerprint density at radius 1 is 1.44 bits per heavy atom. The molecule has 6 heteroatoms. The molecule has 0 aliphatic heterocycles. The summed E-state index contributed by atoms with van der Waals surface area (Å²) in [6.45, 7) is 0.00150. The molecule has 0 unspecified atom stereocenters. The first kappa shape index (κ1) is 11.2. The van der Waals surface area contributed by atoms with E-state index in [0.29, 0.717) is 22.3 Å². The first-order chi connectivity index (χ1) is 7.70. The molecule has 0 fully saturated rings. The molecule has 0 saturated heterocycles. The van der Waals surface area contributed by atoms with Crippen molar-refractivity contribution in [2.24, 2.45) is 0 Å². The zero-order chi connectivity index (χ0) is 11.5. The van der Waals surface area contributed by atoms with Crippen LogP contribution in [0.2, 0.25) is 0 Å². The van der Waals surface area contributed by atoms with Gasteiger partial charge in [-0.2, -0.15) is 0 Å². The fourth-order valence-corrected chi connectivity index (χ4v) is 1.65. The molecule has 2 aromatic rings. The Balaban J connectivity index is 2.35. The monoisotopic (exact) mass is 285 g/mol. The van der Waals surface area contributed by atoms with Crippen LogP contribution in [0.4, 0.5) is 4.39 Å². The molecule has 0 bridgehead atoms. The molecule has 1 aromatic carbocycles. The average Bonchev–Trinajstić information content (AvgIpc) is 2.67. The molecule has 0 aliphatic carbocycles. The Hall–Kier alpha value is -1.27. The smallest absolute Gasteiger partial charge is 0.150 e. The molecule has 0 atom stereocenters. The predicted molar refractivity (Wildman–Crippen MR) is 59.8 cm³/mol. The van der Waals surface area contributed by atoms with Crippen LogP contribution in [0.5, 0.6) is 0 Å². The van der Waals surface area contributed by atoms with Crippen LogP contribution >= 0.6 is 15.9 Å². The van der Waals surface area contributed by atoms with Gasteiger partial charge in [-0.05, 0) is 18.2 Å². The van der Waals surface area contributed by atoms with Gasteiger partial charge >= 0.3 is 0 Å². The van der Waals surface area contributed by atoms with E-state index in [2.05, 4.69) is 26.2 Å². The molecule has 0 saturated carbocycles. The van der Waals surface area contributed by atoms with E-state index in [4.69, 9.17) is 5.11 Å². The van der Waals surface area contributed by atoms with E-state index in [1.165, 1.54) is 10.7 Å². The molecule has 0 radical (unpaired) electrons. The number of aliphatic hydroxyl groups is 1. The first-order valence-corrected chi connectivity index (χ1v) is 5.47. The third kappa shape index (κ3) is 2.28. The summed E-state index contributed by atoms with van der Waals surface area (Å²) in [5, 5.41) is 16.3. The molecular formula is C10H9BrFN3O. The number of benzene rings is 1. The lowest BCUT2D eigenvalue weighted by molar-refractivity contribution is 0.298. The maximum absolute atomic E-state index is 13.6. The normalized spacial score (nSPS) is 10.7. The zero-order valence-corrected chi connectivity index (χ0v) is 9.85. The van der Waals surface area contributed by atoms with Gasteiger partial charge in [0.25, 0.3) is 0 Å². The molecule has 1 heterocycles. The number of halogens is 2. The highest BCUT2D eigenvalue weighted by Crippen LogP contribution is 2.18. The second-order valence-corrected chi connectivity index (χ2v) is 4.14. The molecule has 1 aromatic heterocycles. The van der Waals surface area contributed by atoms with Crippen LogP contribution in [0.25, 0.3) is 5.69 Å². The number of hydrogen-bond acceptors (Lipinski definition) is 3. The van der Waals surface area contributed by atoms with E-state index < -0.39 is 0 Å². The van der Waals surface area contributed by atoms with Crippen LogP contribution < -0.4 is 0 Å². The standard InChI is InChI=1S/C10H9BrFN3O/c11-7-1-2-10(9(12)5-7)15-6-8(3-4-16)13-14-15/h1-2,5-6,16H,3-4H2. The van der Waals surface area contributed by atoms with Crippen molar-refractivity contribution < 1.29 is 9.50 Å². The Labute approximate surface area is 99.8 Å². The minimum atomic E-state index is -0.380. The molecule has 84 valence electrons. The van der Waals surface area contributed by atoms with Gasteiger partial charge in [-0.15, -0.1) is 5.10 Å². The maximum atomic E-state index is 13.6. The number of aromatic nitrogens is 3. The van der Waals surface area contributed by atoms with E-state index >= 15 is 0 Å². The number of nitrogens with zero attached hydrogens (tertiary/aromatic N) is 3. The molecule has 1 N–H and O–H groups in total. The molecule has 16 heavy (non-hydrogen) atoms. The summed E-state index contributed by atoms with van der Waals surface area (Å²) in [5.41, 5.74) is 0.963. The van der Waals surface area contributed by atoms with Crippen molar-refractivity contribution in [1.29, 1.82) is 0 Å². The van der Waals surface area contributed by atoms with Gasteiger partial charge in [0.1, 0.15) is 11.5 Å². The fraction of sp³-hybridized carbons (Fsp3) is 0.200. The van der Waals surface area contributed by atoms with Gasteiger partial charge in [0.05, 0.1) is 11.9 Å². The van der Waals surface area contributed by atoms with Crippen molar-refractivity contribution in [3.63, 3.8) is 0 Å². The molecular weight excluding hydrogens is 277 g/mol. The van der Waals surface area contributed by atoms with E-state index in [1.807, 2.05) is 0 Å². The summed E-state index contributed by atoms with van der Waals surface area (Å²) >= 11 is 3.18. The number of hydrogen-bond donors (Lipinski definition) is 1. The van der Waals surface area contributed by atoms with E-state index in [0.717, 1.165) is 0 Å². The lowest BCUT2D eigenvalue weighted by Gasteiger charge is -2.01. The second kappa shape index (κ2) is 4.71. The second-order valence-electron chi connectivity index (χ2n) is 3.22. The largest absolute Gasteiger partial charge is 0.396 e. The highest BCUT2D eigenvalue weighted by atomic mass is 79.9. The van der Waals surface area contributed by atoms with Crippen LogP contribution in [0.1, 0.15) is 5.69 Å². The molecule has 4 nitrogen and oxygen atoms in total. The average molecular weight is 286 g/mol. The van der Waals surface area contributed by atoms with Crippen molar-refractivity contribution in [2.75, 3.05) is 6.61 Å². The summed E-state index contributed by atoms with van der Waals surface area (Å²) < 4.78 is 15.6. The quantitative estimate of drug-likeness (QED) is 0.934. The van der Waals surface area contributed by atoms with Gasteiger partial charge in [-0.25, -0.2) is 9.07 Å². The van der Waals surface area contributed by atoms with Crippen LogP contribution in [-0.2, 0) is 6.42 Å². The third-order valence-electron chi connectivity index (χ3n) is 2.07. The molecule has 0 amide bonds. The van der Waals surface area contributed by atoms with Gasteiger partial charge in [-0.3, -0.25) is 0 Å². The predicted octanol–water partition coefficient (Wildman–Crippen LogP) is 1.70. The highest BCUT2D eigenvalue weighted by molar-refractivity contribution is 9.10. The Bertz CT molecular complexity index is 501. The Morgan fingerprint density at radius 2 is 2.25 bits per heavy atom. The van der Waals surface area contributed by atoms with Gasteiger partial charge in [0.15, 0.2) is 0 Å². The summed E-state index contributed by atoms with van der Waals surface area (Å²) in [6, 6.07) is 4.70. The Kier molecular flexibility index (Phi) is 3.31. The molecule has 0 spiro atoms. The highest BCUT2D eigenvalue weighted by Gasteiger charge is 2.07. The lowest BCUT2D eigenvalue weighted by atomic mass is 10.3. The fourth-order valence-electron chi connectivity index (χ4n) is 1.31. The minimum absolute atomic E-state index is 0.00150. The maximum Gasteiger partial charge on any atom is 0.150 e. The Morgan fingerprint density at radius 3 is 2.94 bits per heavy atom. The van der Waals surface area contributed by atoms with Crippen LogP contribution in [0.15, 0.2) is 28.9 Å². The van der Waals surface area contributed by atoms with Crippen molar-refractivity contribution >= 4 is 15.9 Å². The summed E-state index contributed by atoms with van der Waals surface area (Å²) in [4.78, 5) is 0. The summed E-state index contributed by atoms with van der Waals surface area (Å²) in [6.07, 6.45) is 2.01. The first-order valence-electron chi connectivity index (χ1n) is 4.68. The van der Waals surface area contributed by atoms with Crippen molar-refractivity contribution in [3.8, 4) is 5.69 Å².